The summed E-state index contributed by atoms with van der Waals surface area (Å²) in [6.07, 6.45) is 13.0. The lowest BCUT2D eigenvalue weighted by Crippen LogP contribution is -2.13. The standard InChI is InChI=1S/C31H47NO4S/c1-3-4-5-6-7-8-9-10-11-19-32(37)23-28-15-12-14-27(21-28)18-20-35-24-29-16-13-17-30(22-29)25-36-26-31(33)34-2/h12-17,21-22,37H,3-11,18-20,23-26H2,1-2H3. The Morgan fingerprint density at radius 3 is 2.03 bits per heavy atom. The lowest BCUT2D eigenvalue weighted by molar-refractivity contribution is -0.146. The SMILES string of the molecule is CCCCCCCCCCCN(S)Cc1cccc(CCOCc2cccc(COCC(=O)OC)c2)c1. The molecule has 0 atom stereocenters. The van der Waals surface area contributed by atoms with Crippen molar-refractivity contribution in [3.05, 3.63) is 70.8 Å². The van der Waals surface area contributed by atoms with Gasteiger partial charge in [-0.25, -0.2) is 9.10 Å². The second-order valence-electron chi connectivity index (χ2n) is 9.73. The Kier molecular flexibility index (Phi) is 17.1. The molecule has 206 valence electrons. The molecule has 0 spiro atoms. The molecule has 0 unspecified atom stereocenters. The molecule has 0 saturated carbocycles. The van der Waals surface area contributed by atoms with Gasteiger partial charge < -0.3 is 14.2 Å². The highest BCUT2D eigenvalue weighted by molar-refractivity contribution is 7.77. The normalized spacial score (nSPS) is 11.2. The Morgan fingerprint density at radius 1 is 0.784 bits per heavy atom. The second kappa shape index (κ2) is 20.1. The van der Waals surface area contributed by atoms with Crippen LogP contribution in [0.2, 0.25) is 0 Å². The van der Waals surface area contributed by atoms with Gasteiger partial charge in [0.1, 0.15) is 6.61 Å². The smallest absolute Gasteiger partial charge is 0.331 e. The van der Waals surface area contributed by atoms with Crippen LogP contribution in [0.15, 0.2) is 48.5 Å². The van der Waals surface area contributed by atoms with E-state index in [1.54, 1.807) is 0 Å². The molecular weight excluding hydrogens is 482 g/mol. The molecule has 5 nitrogen and oxygen atoms in total. The number of esters is 1. The van der Waals surface area contributed by atoms with Crippen molar-refractivity contribution in [3.8, 4) is 0 Å². The van der Waals surface area contributed by atoms with E-state index in [1.807, 2.05) is 24.3 Å². The van der Waals surface area contributed by atoms with E-state index in [0.29, 0.717) is 19.8 Å². The lowest BCUT2D eigenvalue weighted by Gasteiger charge is -2.16. The maximum Gasteiger partial charge on any atom is 0.331 e. The number of nitrogens with zero attached hydrogens (tertiary/aromatic N) is 1. The average molecular weight is 530 g/mol. The summed E-state index contributed by atoms with van der Waals surface area (Å²) in [7, 11) is 1.36. The van der Waals surface area contributed by atoms with Crippen molar-refractivity contribution >= 4 is 18.8 Å². The highest BCUT2D eigenvalue weighted by Crippen LogP contribution is 2.14. The summed E-state index contributed by atoms with van der Waals surface area (Å²) in [5.74, 6) is -0.371. The molecule has 2 aromatic rings. The molecule has 0 aliphatic rings. The predicted octanol–water partition coefficient (Wildman–Crippen LogP) is 7.31. The van der Waals surface area contributed by atoms with E-state index < -0.39 is 0 Å². The molecule has 0 heterocycles. The van der Waals surface area contributed by atoms with Crippen molar-refractivity contribution in [2.24, 2.45) is 0 Å². The van der Waals surface area contributed by atoms with Crippen molar-refractivity contribution in [3.63, 3.8) is 0 Å². The number of carbonyl (C=O) groups is 1. The number of thiol groups is 1. The fourth-order valence-corrected chi connectivity index (χ4v) is 4.58. The largest absolute Gasteiger partial charge is 0.467 e. The van der Waals surface area contributed by atoms with Crippen LogP contribution in [-0.4, -0.2) is 37.1 Å². The molecule has 0 aliphatic heterocycles. The van der Waals surface area contributed by atoms with Crippen LogP contribution in [0.4, 0.5) is 0 Å². The van der Waals surface area contributed by atoms with E-state index >= 15 is 0 Å². The van der Waals surface area contributed by atoms with Gasteiger partial charge in [-0.3, -0.25) is 0 Å². The lowest BCUT2D eigenvalue weighted by atomic mass is 10.1. The third-order valence-electron chi connectivity index (χ3n) is 6.39. The van der Waals surface area contributed by atoms with Crippen molar-refractivity contribution in [1.82, 2.24) is 4.31 Å². The maximum absolute atomic E-state index is 11.2. The first-order chi connectivity index (χ1) is 18.1. The third kappa shape index (κ3) is 15.2. The number of ether oxygens (including phenoxy) is 3. The van der Waals surface area contributed by atoms with Crippen molar-refractivity contribution < 1.29 is 19.0 Å². The number of methoxy groups -OCH3 is 1. The Labute approximate surface area is 230 Å². The second-order valence-corrected chi connectivity index (χ2v) is 10.3. The molecule has 0 amide bonds. The first-order valence-electron chi connectivity index (χ1n) is 13.9. The van der Waals surface area contributed by atoms with Crippen molar-refractivity contribution in [1.29, 1.82) is 0 Å². The van der Waals surface area contributed by atoms with Gasteiger partial charge in [0.15, 0.2) is 0 Å². The van der Waals surface area contributed by atoms with Gasteiger partial charge in [-0.2, -0.15) is 0 Å². The molecule has 0 fully saturated rings. The van der Waals surface area contributed by atoms with Crippen LogP contribution in [0, 0.1) is 0 Å². The molecule has 6 heteroatoms. The minimum Gasteiger partial charge on any atom is -0.467 e. The van der Waals surface area contributed by atoms with Gasteiger partial charge >= 0.3 is 5.97 Å². The average Bonchev–Trinajstić information content (AvgIpc) is 2.90. The third-order valence-corrected chi connectivity index (χ3v) is 6.73. The summed E-state index contributed by atoms with van der Waals surface area (Å²) in [5.41, 5.74) is 4.68. The summed E-state index contributed by atoms with van der Waals surface area (Å²) in [6.45, 7) is 5.70. The van der Waals surface area contributed by atoms with Crippen LogP contribution >= 0.6 is 12.8 Å². The minimum absolute atomic E-state index is 0.0411. The zero-order valence-electron chi connectivity index (χ0n) is 23.0. The number of carbonyl (C=O) groups excluding carboxylic acids is 1. The Hall–Kier alpha value is -1.86. The van der Waals surface area contributed by atoms with Gasteiger partial charge in [-0.15, -0.1) is 0 Å². The van der Waals surface area contributed by atoms with Crippen LogP contribution < -0.4 is 0 Å². The van der Waals surface area contributed by atoms with Crippen LogP contribution in [0.5, 0.6) is 0 Å². The van der Waals surface area contributed by atoms with Gasteiger partial charge in [-0.05, 0) is 35.1 Å². The van der Waals surface area contributed by atoms with Gasteiger partial charge in [0.05, 0.1) is 26.9 Å². The number of unbranched alkanes of at least 4 members (excludes halogenated alkanes) is 8. The van der Waals surface area contributed by atoms with Gasteiger partial charge in [0, 0.05) is 13.1 Å². The van der Waals surface area contributed by atoms with Gasteiger partial charge in [0.2, 0.25) is 0 Å². The van der Waals surface area contributed by atoms with Crippen LogP contribution in [0.25, 0.3) is 0 Å². The van der Waals surface area contributed by atoms with Crippen LogP contribution in [0.1, 0.15) is 87.0 Å². The monoisotopic (exact) mass is 529 g/mol. The summed E-state index contributed by atoms with van der Waals surface area (Å²) in [4.78, 5) is 11.2. The van der Waals surface area contributed by atoms with E-state index in [9.17, 15) is 4.79 Å². The van der Waals surface area contributed by atoms with Gasteiger partial charge in [-0.1, -0.05) is 120 Å². The summed E-state index contributed by atoms with van der Waals surface area (Å²) in [5, 5.41) is 0. The van der Waals surface area contributed by atoms with E-state index in [2.05, 4.69) is 40.2 Å². The first-order valence-corrected chi connectivity index (χ1v) is 14.3. The molecule has 0 N–H and O–H groups in total. The zero-order valence-corrected chi connectivity index (χ0v) is 23.9. The van der Waals surface area contributed by atoms with E-state index in [1.165, 1.54) is 76.0 Å². The number of benzene rings is 2. The van der Waals surface area contributed by atoms with Crippen molar-refractivity contribution in [2.75, 3.05) is 26.9 Å². The first kappa shape index (κ1) is 31.4. The molecule has 37 heavy (non-hydrogen) atoms. The van der Waals surface area contributed by atoms with E-state index in [-0.39, 0.29) is 12.6 Å². The molecule has 2 aromatic carbocycles. The fraction of sp³-hybridized carbons (Fsp3) is 0.581. The fourth-order valence-electron chi connectivity index (χ4n) is 4.28. The predicted molar refractivity (Wildman–Crippen MR) is 155 cm³/mol. The molecule has 0 radical (unpaired) electrons. The highest BCUT2D eigenvalue weighted by atomic mass is 32.1. The molecule has 0 aromatic heterocycles. The topological polar surface area (TPSA) is 48.0 Å². The molecule has 0 aliphatic carbocycles. The molecule has 0 saturated heterocycles. The van der Waals surface area contributed by atoms with Crippen molar-refractivity contribution in [2.45, 2.75) is 90.9 Å². The number of hydrogen-bond acceptors (Lipinski definition) is 6. The van der Waals surface area contributed by atoms with Crippen LogP contribution in [0.3, 0.4) is 0 Å². The zero-order chi connectivity index (χ0) is 26.6. The van der Waals surface area contributed by atoms with Gasteiger partial charge in [0.25, 0.3) is 0 Å². The highest BCUT2D eigenvalue weighted by Gasteiger charge is 2.04. The Balaban J connectivity index is 1.60. The van der Waals surface area contributed by atoms with Crippen LogP contribution in [-0.2, 0) is 45.2 Å². The van der Waals surface area contributed by atoms with E-state index in [0.717, 1.165) is 30.6 Å². The minimum atomic E-state index is -0.371. The Bertz CT molecular complexity index is 876. The molecule has 0 bridgehead atoms. The molecular formula is C31H47NO4S. The summed E-state index contributed by atoms with van der Waals surface area (Å²) < 4.78 is 18.0. The summed E-state index contributed by atoms with van der Waals surface area (Å²) >= 11 is 4.70. The number of hydrogen-bond donors (Lipinski definition) is 1. The summed E-state index contributed by atoms with van der Waals surface area (Å²) in [6, 6.07) is 16.8. The number of rotatable bonds is 21. The van der Waals surface area contributed by atoms with E-state index in [4.69, 9.17) is 22.3 Å². The Morgan fingerprint density at radius 2 is 1.35 bits per heavy atom. The quantitative estimate of drug-likeness (QED) is 0.104. The maximum atomic E-state index is 11.2. The molecule has 2 rings (SSSR count).